The second-order valence-electron chi connectivity index (χ2n) is 10.4. The number of thiocarbonyl (C=S) groups is 1. The summed E-state index contributed by atoms with van der Waals surface area (Å²) < 4.78 is 2.33. The molecule has 5 rings (SSSR count). The van der Waals surface area contributed by atoms with Gasteiger partial charge >= 0.3 is 0 Å². The molecule has 0 spiro atoms. The van der Waals surface area contributed by atoms with E-state index >= 15 is 0 Å². The summed E-state index contributed by atoms with van der Waals surface area (Å²) in [6.45, 7) is 10.8. The van der Waals surface area contributed by atoms with Crippen molar-refractivity contribution in [2.45, 2.75) is 53.2 Å². The van der Waals surface area contributed by atoms with Crippen LogP contribution in [0.3, 0.4) is 0 Å². The Bertz CT molecular complexity index is 1500. The number of hydrogen-bond acceptors (Lipinski definition) is 4. The molecule has 4 heterocycles. The van der Waals surface area contributed by atoms with E-state index in [0.29, 0.717) is 5.11 Å². The second-order valence-corrected chi connectivity index (χ2v) is 10.8. The molecule has 1 aliphatic heterocycles. The van der Waals surface area contributed by atoms with E-state index < -0.39 is 0 Å². The van der Waals surface area contributed by atoms with Crippen molar-refractivity contribution in [2.24, 2.45) is 5.92 Å². The maximum atomic E-state index is 12.3. The third-order valence-corrected chi connectivity index (χ3v) is 7.68. The van der Waals surface area contributed by atoms with Crippen molar-refractivity contribution >= 4 is 34.6 Å². The Morgan fingerprint density at radius 3 is 2.56 bits per heavy atom. The Hall–Kier alpha value is -4.04. The molecule has 4 aromatic rings. The number of amides is 1. The SMILES string of the molecule is Cc1cc(N2C(=S)NC(c3ccccn3)C2c2cc(C)n(Cc3cccnc3)c2C)ccc1NC(=O)C(C)C. The summed E-state index contributed by atoms with van der Waals surface area (Å²) in [5.41, 5.74) is 8.38. The van der Waals surface area contributed by atoms with E-state index in [9.17, 15) is 4.79 Å². The van der Waals surface area contributed by atoms with Gasteiger partial charge in [0.2, 0.25) is 5.91 Å². The topological polar surface area (TPSA) is 75.1 Å². The number of aromatic nitrogens is 3. The average molecular weight is 539 g/mol. The molecule has 200 valence electrons. The Balaban J connectivity index is 1.57. The zero-order chi connectivity index (χ0) is 27.7. The van der Waals surface area contributed by atoms with Crippen LogP contribution in [0.2, 0.25) is 0 Å². The highest BCUT2D eigenvalue weighted by atomic mass is 32.1. The summed E-state index contributed by atoms with van der Waals surface area (Å²) in [6.07, 6.45) is 5.53. The molecule has 1 fully saturated rings. The predicted molar refractivity (Wildman–Crippen MR) is 160 cm³/mol. The van der Waals surface area contributed by atoms with Crippen LogP contribution in [0.4, 0.5) is 11.4 Å². The molecule has 1 aromatic carbocycles. The molecule has 0 radical (unpaired) electrons. The van der Waals surface area contributed by atoms with Crippen molar-refractivity contribution in [3.05, 3.63) is 107 Å². The highest BCUT2D eigenvalue weighted by Crippen LogP contribution is 2.44. The third kappa shape index (κ3) is 5.29. The van der Waals surface area contributed by atoms with Crippen molar-refractivity contribution in [1.82, 2.24) is 19.9 Å². The van der Waals surface area contributed by atoms with Gasteiger partial charge in [0, 0.05) is 53.8 Å². The molecular weight excluding hydrogens is 504 g/mol. The minimum Gasteiger partial charge on any atom is -0.351 e. The quantitative estimate of drug-likeness (QED) is 0.280. The van der Waals surface area contributed by atoms with E-state index in [0.717, 1.165) is 34.7 Å². The maximum absolute atomic E-state index is 12.3. The monoisotopic (exact) mass is 538 g/mol. The summed E-state index contributed by atoms with van der Waals surface area (Å²) in [7, 11) is 0. The third-order valence-electron chi connectivity index (χ3n) is 7.36. The fourth-order valence-electron chi connectivity index (χ4n) is 5.21. The van der Waals surface area contributed by atoms with E-state index in [1.54, 1.807) is 6.20 Å². The first-order valence-corrected chi connectivity index (χ1v) is 13.6. The first-order valence-electron chi connectivity index (χ1n) is 13.2. The summed E-state index contributed by atoms with van der Waals surface area (Å²) in [5.74, 6) is -0.0942. The summed E-state index contributed by atoms with van der Waals surface area (Å²) in [5, 5.41) is 7.24. The molecule has 7 nitrogen and oxygen atoms in total. The lowest BCUT2D eigenvalue weighted by Crippen LogP contribution is -2.29. The van der Waals surface area contributed by atoms with Gasteiger partial charge in [0.25, 0.3) is 0 Å². The average Bonchev–Trinajstić information content (AvgIpc) is 3.41. The molecule has 1 aliphatic rings. The molecule has 8 heteroatoms. The predicted octanol–water partition coefficient (Wildman–Crippen LogP) is 6.02. The van der Waals surface area contributed by atoms with Crippen LogP contribution in [0.15, 0.2) is 73.2 Å². The number of rotatable bonds is 7. The minimum absolute atomic E-state index is 0.00152. The van der Waals surface area contributed by atoms with E-state index in [4.69, 9.17) is 17.2 Å². The second kappa shape index (κ2) is 11.0. The minimum atomic E-state index is -0.133. The van der Waals surface area contributed by atoms with E-state index in [1.165, 1.54) is 17.0 Å². The number of hydrogen-bond donors (Lipinski definition) is 2. The van der Waals surface area contributed by atoms with E-state index in [-0.39, 0.29) is 23.9 Å². The van der Waals surface area contributed by atoms with Gasteiger partial charge in [-0.15, -0.1) is 0 Å². The standard InChI is InChI=1S/C31H34N6OS/c1-19(2)30(38)34-26-12-11-24(15-20(26)3)37-29(28(35-31(37)39)27-10-6-7-14-33-27)25-16-21(4)36(22(25)5)18-23-9-8-13-32-17-23/h6-17,19,28-29H,18H2,1-5H3,(H,34,38)(H,35,39). The first kappa shape index (κ1) is 26.6. The Labute approximate surface area is 235 Å². The van der Waals surface area contributed by atoms with Crippen LogP contribution in [0.1, 0.15) is 59.7 Å². The van der Waals surface area contributed by atoms with Gasteiger partial charge in [0.15, 0.2) is 5.11 Å². The fourth-order valence-corrected chi connectivity index (χ4v) is 5.55. The molecule has 1 amide bonds. The lowest BCUT2D eigenvalue weighted by Gasteiger charge is -2.29. The summed E-state index contributed by atoms with van der Waals surface area (Å²) in [6, 6.07) is 18.1. The van der Waals surface area contributed by atoms with E-state index in [2.05, 4.69) is 57.1 Å². The molecule has 2 N–H and O–H groups in total. The van der Waals surface area contributed by atoms with Gasteiger partial charge in [-0.1, -0.05) is 26.0 Å². The van der Waals surface area contributed by atoms with Gasteiger partial charge in [0.05, 0.1) is 17.8 Å². The largest absolute Gasteiger partial charge is 0.351 e. The number of aryl methyl sites for hydroxylation is 2. The maximum Gasteiger partial charge on any atom is 0.226 e. The Morgan fingerprint density at radius 1 is 1.08 bits per heavy atom. The summed E-state index contributed by atoms with van der Waals surface area (Å²) in [4.78, 5) is 23.5. The molecule has 2 unspecified atom stereocenters. The van der Waals surface area contributed by atoms with Gasteiger partial charge in [0.1, 0.15) is 0 Å². The zero-order valence-corrected chi connectivity index (χ0v) is 23.8. The van der Waals surface area contributed by atoms with Crippen LogP contribution in [0, 0.1) is 26.7 Å². The summed E-state index contributed by atoms with van der Waals surface area (Å²) >= 11 is 5.95. The van der Waals surface area contributed by atoms with Crippen LogP contribution in [0.25, 0.3) is 0 Å². The number of carbonyl (C=O) groups is 1. The van der Waals surface area contributed by atoms with Crippen molar-refractivity contribution < 1.29 is 4.79 Å². The Kier molecular flexibility index (Phi) is 7.48. The van der Waals surface area contributed by atoms with E-state index in [1.807, 2.05) is 69.6 Å². The number of anilines is 2. The molecule has 0 aliphatic carbocycles. The van der Waals surface area contributed by atoms with Gasteiger partial charge < -0.3 is 20.1 Å². The normalized spacial score (nSPS) is 17.0. The van der Waals surface area contributed by atoms with Crippen LogP contribution in [-0.2, 0) is 11.3 Å². The number of benzene rings is 1. The van der Waals surface area contributed by atoms with Crippen LogP contribution in [0.5, 0.6) is 0 Å². The molecule has 0 saturated carbocycles. The van der Waals surface area contributed by atoms with Gasteiger partial charge in [-0.3, -0.25) is 14.8 Å². The lowest BCUT2D eigenvalue weighted by molar-refractivity contribution is -0.118. The van der Waals surface area contributed by atoms with Crippen LogP contribution in [-0.4, -0.2) is 25.6 Å². The number of nitrogens with zero attached hydrogens (tertiary/aromatic N) is 4. The van der Waals surface area contributed by atoms with Gasteiger partial charge in [-0.25, -0.2) is 0 Å². The van der Waals surface area contributed by atoms with Crippen molar-refractivity contribution in [3.63, 3.8) is 0 Å². The number of nitrogens with one attached hydrogen (secondary N) is 2. The van der Waals surface area contributed by atoms with Crippen LogP contribution < -0.4 is 15.5 Å². The van der Waals surface area contributed by atoms with Gasteiger partial charge in [-0.05, 0) is 92.1 Å². The highest BCUT2D eigenvalue weighted by molar-refractivity contribution is 7.80. The number of pyridine rings is 2. The molecule has 39 heavy (non-hydrogen) atoms. The smallest absolute Gasteiger partial charge is 0.226 e. The Morgan fingerprint density at radius 2 is 1.90 bits per heavy atom. The van der Waals surface area contributed by atoms with Crippen molar-refractivity contribution in [3.8, 4) is 0 Å². The lowest BCUT2D eigenvalue weighted by atomic mass is 9.96. The number of carbonyl (C=O) groups excluding carboxylic acids is 1. The van der Waals surface area contributed by atoms with Crippen molar-refractivity contribution in [1.29, 1.82) is 0 Å². The first-order chi connectivity index (χ1) is 18.7. The van der Waals surface area contributed by atoms with Crippen molar-refractivity contribution in [2.75, 3.05) is 10.2 Å². The highest BCUT2D eigenvalue weighted by Gasteiger charge is 2.42. The molecular formula is C31H34N6OS. The molecule has 3 aromatic heterocycles. The zero-order valence-electron chi connectivity index (χ0n) is 23.0. The van der Waals surface area contributed by atoms with Crippen LogP contribution >= 0.6 is 12.2 Å². The fraction of sp³-hybridized carbons (Fsp3) is 0.290. The van der Waals surface area contributed by atoms with Gasteiger partial charge in [-0.2, -0.15) is 0 Å². The molecule has 1 saturated heterocycles. The molecule has 0 bridgehead atoms. The molecule has 2 atom stereocenters.